The SMILES string of the molecule is Cc1cc(Cl)c(C(Br)C2COc3ccccc32)cc1C. The predicted molar refractivity (Wildman–Crippen MR) is 87.3 cm³/mol. The van der Waals surface area contributed by atoms with Gasteiger partial charge in [-0.1, -0.05) is 51.8 Å². The van der Waals surface area contributed by atoms with Crippen LogP contribution in [0.1, 0.15) is 33.0 Å². The molecule has 0 saturated carbocycles. The lowest BCUT2D eigenvalue weighted by Crippen LogP contribution is -2.08. The van der Waals surface area contributed by atoms with Crippen molar-refractivity contribution < 1.29 is 4.74 Å². The predicted octanol–water partition coefficient (Wildman–Crippen LogP) is 5.57. The van der Waals surface area contributed by atoms with E-state index in [1.807, 2.05) is 18.2 Å². The molecule has 104 valence electrons. The molecule has 1 aliphatic rings. The van der Waals surface area contributed by atoms with Crippen LogP contribution >= 0.6 is 27.5 Å². The summed E-state index contributed by atoms with van der Waals surface area (Å²) in [5, 5.41) is 0.819. The molecule has 0 radical (unpaired) electrons. The zero-order chi connectivity index (χ0) is 14.3. The van der Waals surface area contributed by atoms with Gasteiger partial charge in [0.05, 0.1) is 11.4 Å². The number of aryl methyl sites for hydroxylation is 2. The third-order valence-electron chi connectivity index (χ3n) is 4.00. The average Bonchev–Trinajstić information content (AvgIpc) is 2.86. The molecule has 1 aliphatic heterocycles. The van der Waals surface area contributed by atoms with Gasteiger partial charge in [-0.3, -0.25) is 0 Å². The lowest BCUT2D eigenvalue weighted by atomic mass is 9.92. The minimum Gasteiger partial charge on any atom is -0.493 e. The van der Waals surface area contributed by atoms with Crippen molar-refractivity contribution in [2.75, 3.05) is 6.61 Å². The van der Waals surface area contributed by atoms with Crippen LogP contribution in [0, 0.1) is 13.8 Å². The highest BCUT2D eigenvalue weighted by Crippen LogP contribution is 2.47. The topological polar surface area (TPSA) is 9.23 Å². The Kier molecular flexibility index (Phi) is 3.78. The lowest BCUT2D eigenvalue weighted by molar-refractivity contribution is 0.329. The summed E-state index contributed by atoms with van der Waals surface area (Å²) >= 11 is 10.3. The van der Waals surface area contributed by atoms with Gasteiger partial charge in [0.1, 0.15) is 5.75 Å². The number of hydrogen-bond acceptors (Lipinski definition) is 1. The Balaban J connectivity index is 1.98. The van der Waals surface area contributed by atoms with E-state index < -0.39 is 0 Å². The second-order valence-corrected chi connectivity index (χ2v) is 6.71. The molecule has 0 bridgehead atoms. The van der Waals surface area contributed by atoms with E-state index in [1.165, 1.54) is 16.7 Å². The third kappa shape index (κ3) is 2.36. The van der Waals surface area contributed by atoms with E-state index in [1.54, 1.807) is 0 Å². The van der Waals surface area contributed by atoms with Gasteiger partial charge in [-0.05, 0) is 42.7 Å². The van der Waals surface area contributed by atoms with E-state index in [0.29, 0.717) is 12.5 Å². The van der Waals surface area contributed by atoms with Crippen molar-refractivity contribution in [1.29, 1.82) is 0 Å². The third-order valence-corrected chi connectivity index (χ3v) is 5.46. The first kappa shape index (κ1) is 14.0. The highest BCUT2D eigenvalue weighted by atomic mass is 79.9. The summed E-state index contributed by atoms with van der Waals surface area (Å²) in [7, 11) is 0. The van der Waals surface area contributed by atoms with E-state index in [9.17, 15) is 0 Å². The zero-order valence-electron chi connectivity index (χ0n) is 11.5. The van der Waals surface area contributed by atoms with Gasteiger partial charge in [-0.15, -0.1) is 0 Å². The molecule has 0 amide bonds. The molecule has 0 spiro atoms. The van der Waals surface area contributed by atoms with Gasteiger partial charge >= 0.3 is 0 Å². The van der Waals surface area contributed by atoms with Crippen molar-refractivity contribution in [2.45, 2.75) is 24.6 Å². The summed E-state index contributed by atoms with van der Waals surface area (Å²) in [6, 6.07) is 12.4. The molecule has 1 nitrogen and oxygen atoms in total. The maximum absolute atomic E-state index is 6.43. The minimum atomic E-state index is 0.165. The van der Waals surface area contributed by atoms with Crippen LogP contribution in [0.25, 0.3) is 0 Å². The Morgan fingerprint density at radius 3 is 2.70 bits per heavy atom. The van der Waals surface area contributed by atoms with Gasteiger partial charge < -0.3 is 4.74 Å². The van der Waals surface area contributed by atoms with Crippen LogP contribution in [0.15, 0.2) is 36.4 Å². The van der Waals surface area contributed by atoms with Crippen molar-refractivity contribution in [3.05, 3.63) is 63.7 Å². The number of fused-ring (bicyclic) bond motifs is 1. The summed E-state index contributed by atoms with van der Waals surface area (Å²) < 4.78 is 5.77. The van der Waals surface area contributed by atoms with Gasteiger partial charge in [0.15, 0.2) is 0 Å². The van der Waals surface area contributed by atoms with Crippen LogP contribution in [0.4, 0.5) is 0 Å². The van der Waals surface area contributed by atoms with E-state index in [0.717, 1.165) is 16.3 Å². The first-order valence-electron chi connectivity index (χ1n) is 6.70. The van der Waals surface area contributed by atoms with E-state index >= 15 is 0 Å². The summed E-state index contributed by atoms with van der Waals surface area (Å²) in [5.41, 5.74) is 4.88. The highest BCUT2D eigenvalue weighted by Gasteiger charge is 2.31. The minimum absolute atomic E-state index is 0.165. The number of rotatable bonds is 2. The molecule has 0 fully saturated rings. The molecule has 2 aromatic rings. The summed E-state index contributed by atoms with van der Waals surface area (Å²) in [4.78, 5) is 0.165. The summed E-state index contributed by atoms with van der Waals surface area (Å²) in [5.74, 6) is 1.28. The summed E-state index contributed by atoms with van der Waals surface area (Å²) in [6.45, 7) is 4.90. The molecule has 0 saturated heterocycles. The average molecular weight is 352 g/mol. The van der Waals surface area contributed by atoms with Gasteiger partial charge in [-0.2, -0.15) is 0 Å². The first-order valence-corrected chi connectivity index (χ1v) is 7.99. The van der Waals surface area contributed by atoms with Crippen molar-refractivity contribution in [1.82, 2.24) is 0 Å². The molecule has 2 atom stereocenters. The Morgan fingerprint density at radius 2 is 1.90 bits per heavy atom. The number of benzene rings is 2. The van der Waals surface area contributed by atoms with Crippen LogP contribution in [-0.2, 0) is 0 Å². The second-order valence-electron chi connectivity index (χ2n) is 5.32. The Bertz CT molecular complexity index is 653. The molecule has 20 heavy (non-hydrogen) atoms. The van der Waals surface area contributed by atoms with E-state index in [2.05, 4.69) is 48.0 Å². The Hall–Kier alpha value is -0.990. The zero-order valence-corrected chi connectivity index (χ0v) is 13.8. The van der Waals surface area contributed by atoms with Crippen molar-refractivity contribution in [3.8, 4) is 5.75 Å². The molecule has 0 aliphatic carbocycles. The van der Waals surface area contributed by atoms with Gasteiger partial charge in [-0.25, -0.2) is 0 Å². The number of para-hydroxylation sites is 1. The highest BCUT2D eigenvalue weighted by molar-refractivity contribution is 9.09. The number of hydrogen-bond donors (Lipinski definition) is 0. The quantitative estimate of drug-likeness (QED) is 0.643. The molecule has 2 unspecified atom stereocenters. The van der Waals surface area contributed by atoms with Crippen molar-refractivity contribution >= 4 is 27.5 Å². The van der Waals surface area contributed by atoms with Crippen LogP contribution in [-0.4, -0.2) is 6.61 Å². The number of alkyl halides is 1. The number of halogens is 2. The monoisotopic (exact) mass is 350 g/mol. The fraction of sp³-hybridized carbons (Fsp3) is 0.294. The van der Waals surface area contributed by atoms with Gasteiger partial charge in [0.2, 0.25) is 0 Å². The lowest BCUT2D eigenvalue weighted by Gasteiger charge is -2.19. The Morgan fingerprint density at radius 1 is 1.20 bits per heavy atom. The van der Waals surface area contributed by atoms with E-state index in [-0.39, 0.29) is 4.83 Å². The summed E-state index contributed by atoms with van der Waals surface area (Å²) in [6.07, 6.45) is 0. The fourth-order valence-corrected chi connectivity index (χ4v) is 3.94. The molecular weight excluding hydrogens is 336 g/mol. The second kappa shape index (κ2) is 5.42. The van der Waals surface area contributed by atoms with Gasteiger partial charge in [0, 0.05) is 16.5 Å². The van der Waals surface area contributed by atoms with Crippen LogP contribution in [0.3, 0.4) is 0 Å². The first-order chi connectivity index (χ1) is 9.58. The van der Waals surface area contributed by atoms with Crippen molar-refractivity contribution in [3.63, 3.8) is 0 Å². The maximum Gasteiger partial charge on any atom is 0.122 e. The maximum atomic E-state index is 6.43. The largest absolute Gasteiger partial charge is 0.493 e. The molecule has 3 rings (SSSR count). The Labute approximate surface area is 133 Å². The normalized spacial score (nSPS) is 18.5. The fourth-order valence-electron chi connectivity index (χ4n) is 2.66. The molecule has 0 aromatic heterocycles. The molecule has 3 heteroatoms. The van der Waals surface area contributed by atoms with E-state index in [4.69, 9.17) is 16.3 Å². The van der Waals surface area contributed by atoms with Crippen LogP contribution in [0.5, 0.6) is 5.75 Å². The van der Waals surface area contributed by atoms with Crippen LogP contribution in [0.2, 0.25) is 5.02 Å². The molecular formula is C17H16BrClO. The van der Waals surface area contributed by atoms with Gasteiger partial charge in [0.25, 0.3) is 0 Å². The van der Waals surface area contributed by atoms with Crippen LogP contribution < -0.4 is 4.74 Å². The smallest absolute Gasteiger partial charge is 0.122 e. The van der Waals surface area contributed by atoms with Crippen molar-refractivity contribution in [2.24, 2.45) is 0 Å². The molecule has 1 heterocycles. The standard InChI is InChI=1S/C17H16BrClO/c1-10-7-13(15(19)8-11(10)2)17(18)14-9-20-16-6-4-3-5-12(14)16/h3-8,14,17H,9H2,1-2H3. The molecule has 0 N–H and O–H groups in total. The number of ether oxygens (including phenoxy) is 1. The molecule has 2 aromatic carbocycles.